The van der Waals surface area contributed by atoms with Gasteiger partial charge < -0.3 is 19.5 Å². The van der Waals surface area contributed by atoms with Crippen LogP contribution in [0, 0.1) is 0 Å². The van der Waals surface area contributed by atoms with Gasteiger partial charge in [-0.3, -0.25) is 0 Å². The fourth-order valence-electron chi connectivity index (χ4n) is 4.65. The fraction of sp³-hybridized carbons (Fsp3) is 0.333. The second kappa shape index (κ2) is 7.89. The first kappa shape index (κ1) is 19.9. The summed E-state index contributed by atoms with van der Waals surface area (Å²) in [7, 11) is 1.35. The third-order valence-electron chi connectivity index (χ3n) is 6.28. The Morgan fingerprint density at radius 1 is 1.13 bits per heavy atom. The van der Waals surface area contributed by atoms with Gasteiger partial charge in [-0.1, -0.05) is 6.07 Å². The molecular formula is C24H25N3O3S. The van der Waals surface area contributed by atoms with Crippen LogP contribution in [0.25, 0.3) is 5.00 Å². The zero-order chi connectivity index (χ0) is 21.5. The summed E-state index contributed by atoms with van der Waals surface area (Å²) < 4.78 is 7.05. The quantitative estimate of drug-likeness (QED) is 0.555. The number of carbonyl (C=O) groups is 2. The molecule has 0 saturated carbocycles. The van der Waals surface area contributed by atoms with Gasteiger partial charge in [0.1, 0.15) is 5.00 Å². The summed E-state index contributed by atoms with van der Waals surface area (Å²) in [5.74, 6) is -0.424. The highest BCUT2D eigenvalue weighted by Crippen LogP contribution is 2.42. The number of amides is 2. The van der Waals surface area contributed by atoms with E-state index in [1.165, 1.54) is 41.0 Å². The minimum absolute atomic E-state index is 0.0855. The predicted molar refractivity (Wildman–Crippen MR) is 121 cm³/mol. The van der Waals surface area contributed by atoms with Crippen LogP contribution in [0.2, 0.25) is 0 Å². The number of aryl methyl sites for hydroxylation is 1. The number of hydrogen-bond donors (Lipinski definition) is 1. The molecule has 160 valence electrons. The molecule has 0 saturated heterocycles. The smallest absolute Gasteiger partial charge is 0.337 e. The lowest BCUT2D eigenvalue weighted by molar-refractivity contribution is 0.0600. The van der Waals surface area contributed by atoms with Crippen molar-refractivity contribution in [3.8, 4) is 5.00 Å². The van der Waals surface area contributed by atoms with Crippen LogP contribution in [0.4, 0.5) is 10.5 Å². The third kappa shape index (κ3) is 3.43. The Bertz CT molecular complexity index is 1160. The average molecular weight is 436 g/mol. The van der Waals surface area contributed by atoms with E-state index in [9.17, 15) is 9.59 Å². The Morgan fingerprint density at radius 3 is 2.81 bits per heavy atom. The van der Waals surface area contributed by atoms with Crippen molar-refractivity contribution < 1.29 is 14.3 Å². The zero-order valence-electron chi connectivity index (χ0n) is 17.7. The molecule has 1 aromatic carbocycles. The van der Waals surface area contributed by atoms with Crippen molar-refractivity contribution in [3.63, 3.8) is 0 Å². The summed E-state index contributed by atoms with van der Waals surface area (Å²) in [5.41, 5.74) is 4.81. The molecule has 7 heteroatoms. The molecule has 0 spiro atoms. The maximum atomic E-state index is 13.4. The van der Waals surface area contributed by atoms with Crippen LogP contribution < -0.4 is 5.32 Å². The van der Waals surface area contributed by atoms with Gasteiger partial charge in [-0.2, -0.15) is 0 Å². The van der Waals surface area contributed by atoms with Crippen LogP contribution in [-0.4, -0.2) is 28.6 Å². The molecule has 1 aliphatic carbocycles. The number of nitrogens with one attached hydrogen (secondary N) is 1. The Morgan fingerprint density at radius 2 is 1.97 bits per heavy atom. The molecule has 0 radical (unpaired) electrons. The largest absolute Gasteiger partial charge is 0.465 e. The number of aromatic nitrogens is 1. The number of rotatable bonds is 2. The Hall–Kier alpha value is -3.06. The van der Waals surface area contributed by atoms with Gasteiger partial charge >= 0.3 is 12.0 Å². The molecule has 6 nitrogen and oxygen atoms in total. The number of esters is 1. The SMILES string of the molecule is COC(=O)c1cccc(NC(=O)N2Cc3c(sc4c3CCCC4)-n3cccc3C2C)c1. The molecule has 1 aliphatic heterocycles. The van der Waals surface area contributed by atoms with Crippen molar-refractivity contribution >= 4 is 29.0 Å². The summed E-state index contributed by atoms with van der Waals surface area (Å²) >= 11 is 1.88. The molecule has 1 unspecified atom stereocenters. The van der Waals surface area contributed by atoms with Crippen molar-refractivity contribution in [3.05, 3.63) is 69.9 Å². The highest BCUT2D eigenvalue weighted by Gasteiger charge is 2.33. The minimum Gasteiger partial charge on any atom is -0.465 e. The molecule has 3 heterocycles. The van der Waals surface area contributed by atoms with Crippen molar-refractivity contribution in [1.82, 2.24) is 9.47 Å². The summed E-state index contributed by atoms with van der Waals surface area (Å²) in [4.78, 5) is 28.6. The van der Waals surface area contributed by atoms with E-state index in [2.05, 4.69) is 35.1 Å². The molecule has 2 aromatic heterocycles. The Balaban J connectivity index is 1.49. The third-order valence-corrected chi connectivity index (χ3v) is 7.61. The number of methoxy groups -OCH3 is 1. The minimum atomic E-state index is -0.424. The second-order valence-corrected chi connectivity index (χ2v) is 9.19. The maximum absolute atomic E-state index is 13.4. The number of nitrogens with zero attached hydrogens (tertiary/aromatic N) is 2. The first-order valence-electron chi connectivity index (χ1n) is 10.6. The topological polar surface area (TPSA) is 63.6 Å². The maximum Gasteiger partial charge on any atom is 0.337 e. The van der Waals surface area contributed by atoms with Crippen molar-refractivity contribution in [2.45, 2.75) is 45.2 Å². The molecule has 0 fully saturated rings. The van der Waals surface area contributed by atoms with Gasteiger partial charge in [0.25, 0.3) is 0 Å². The number of hydrogen-bond acceptors (Lipinski definition) is 4. The van der Waals surface area contributed by atoms with Gasteiger partial charge in [0.15, 0.2) is 0 Å². The molecule has 5 rings (SSSR count). The monoisotopic (exact) mass is 435 g/mol. The first-order chi connectivity index (χ1) is 15.1. The number of urea groups is 1. The Kier molecular flexibility index (Phi) is 5.06. The molecule has 0 bridgehead atoms. The Labute approximate surface area is 185 Å². The molecule has 2 aliphatic rings. The van der Waals surface area contributed by atoms with Crippen LogP contribution in [0.15, 0.2) is 42.6 Å². The molecular weight excluding hydrogens is 410 g/mol. The number of ether oxygens (including phenoxy) is 1. The van der Waals surface area contributed by atoms with Crippen LogP contribution in [0.3, 0.4) is 0 Å². The summed E-state index contributed by atoms with van der Waals surface area (Å²) in [6.07, 6.45) is 6.77. The molecule has 3 aromatic rings. The standard InChI is InChI=1S/C24H25N3O3S/c1-15-20-10-6-12-26(20)22-19(18-9-3-4-11-21(18)31-22)14-27(15)24(29)25-17-8-5-7-16(13-17)23(28)30-2/h5-8,10,12-13,15H,3-4,9,11,14H2,1-2H3,(H,25,29). The summed E-state index contributed by atoms with van der Waals surface area (Å²) in [6, 6.07) is 10.7. The van der Waals surface area contributed by atoms with Gasteiger partial charge in [-0.25, -0.2) is 9.59 Å². The molecule has 31 heavy (non-hydrogen) atoms. The highest BCUT2D eigenvalue weighted by atomic mass is 32.1. The fourth-order valence-corrected chi connectivity index (χ4v) is 6.05. The number of thiophene rings is 1. The van der Waals surface area contributed by atoms with Crippen LogP contribution in [0.5, 0.6) is 0 Å². The first-order valence-corrected chi connectivity index (χ1v) is 11.5. The van der Waals surface area contributed by atoms with Crippen molar-refractivity contribution in [2.75, 3.05) is 12.4 Å². The van der Waals surface area contributed by atoms with Gasteiger partial charge in [0.05, 0.1) is 25.3 Å². The zero-order valence-corrected chi connectivity index (χ0v) is 18.5. The van der Waals surface area contributed by atoms with E-state index < -0.39 is 5.97 Å². The number of benzene rings is 1. The van der Waals surface area contributed by atoms with E-state index in [1.807, 2.05) is 16.2 Å². The van der Waals surface area contributed by atoms with Gasteiger partial charge in [-0.05, 0) is 68.5 Å². The molecule has 1 N–H and O–H groups in total. The van der Waals surface area contributed by atoms with Crippen molar-refractivity contribution in [1.29, 1.82) is 0 Å². The normalized spacial score (nSPS) is 17.2. The van der Waals surface area contributed by atoms with Gasteiger partial charge in [0.2, 0.25) is 0 Å². The van der Waals surface area contributed by atoms with Gasteiger partial charge in [0, 0.05) is 28.0 Å². The van der Waals surface area contributed by atoms with E-state index in [1.54, 1.807) is 24.3 Å². The predicted octanol–water partition coefficient (Wildman–Crippen LogP) is 5.31. The molecule has 2 amide bonds. The van der Waals surface area contributed by atoms with E-state index in [4.69, 9.17) is 4.74 Å². The number of anilines is 1. The van der Waals surface area contributed by atoms with Crippen LogP contribution >= 0.6 is 11.3 Å². The average Bonchev–Trinajstić information content (AvgIpc) is 3.39. The van der Waals surface area contributed by atoms with E-state index in [0.717, 1.165) is 18.5 Å². The van der Waals surface area contributed by atoms with Gasteiger partial charge in [-0.15, -0.1) is 11.3 Å². The number of carbonyl (C=O) groups excluding carboxylic acids is 2. The lowest BCUT2D eigenvalue weighted by Crippen LogP contribution is -2.36. The lowest BCUT2D eigenvalue weighted by atomic mass is 9.95. The van der Waals surface area contributed by atoms with E-state index in [0.29, 0.717) is 17.8 Å². The van der Waals surface area contributed by atoms with Crippen molar-refractivity contribution in [2.24, 2.45) is 0 Å². The van der Waals surface area contributed by atoms with Crippen LogP contribution in [-0.2, 0) is 24.1 Å². The van der Waals surface area contributed by atoms with E-state index in [-0.39, 0.29) is 12.1 Å². The molecule has 1 atom stereocenters. The summed E-state index contributed by atoms with van der Waals surface area (Å²) in [6.45, 7) is 2.64. The number of fused-ring (bicyclic) bond motifs is 5. The highest BCUT2D eigenvalue weighted by molar-refractivity contribution is 7.15. The lowest BCUT2D eigenvalue weighted by Gasteiger charge is -2.28. The second-order valence-electron chi connectivity index (χ2n) is 8.10. The van der Waals surface area contributed by atoms with Crippen LogP contribution in [0.1, 0.15) is 57.9 Å². The van der Waals surface area contributed by atoms with E-state index >= 15 is 0 Å². The summed E-state index contributed by atoms with van der Waals surface area (Å²) in [5, 5.41) is 4.24.